The molecule has 0 aromatic carbocycles. The van der Waals surface area contributed by atoms with Crippen LogP contribution in [0.4, 0.5) is 13.2 Å². The summed E-state index contributed by atoms with van der Waals surface area (Å²) in [5.74, 6) is -0.0806. The molecule has 0 aromatic rings. The number of halogens is 4. The van der Waals surface area contributed by atoms with Crippen LogP contribution >= 0.6 is 22.6 Å². The third-order valence-electron chi connectivity index (χ3n) is 1.60. The molecule has 0 fully saturated rings. The van der Waals surface area contributed by atoms with Gasteiger partial charge in [0.25, 0.3) is 0 Å². The Morgan fingerprint density at radius 1 is 1.29 bits per heavy atom. The van der Waals surface area contributed by atoms with E-state index in [1.807, 2.05) is 0 Å². The molecule has 0 aromatic heterocycles. The third kappa shape index (κ3) is 2.53. The van der Waals surface area contributed by atoms with Crippen molar-refractivity contribution in [1.82, 2.24) is 0 Å². The molecule has 82 valence electrons. The first-order valence-electron chi connectivity index (χ1n) is 3.62. The van der Waals surface area contributed by atoms with Gasteiger partial charge < -0.3 is 4.18 Å². The van der Waals surface area contributed by atoms with Crippen molar-refractivity contribution >= 4 is 32.7 Å². The molecule has 1 aliphatic carbocycles. The van der Waals surface area contributed by atoms with Crippen LogP contribution in [0.15, 0.2) is 9.34 Å². The lowest BCUT2D eigenvalue weighted by molar-refractivity contribution is -0.0522. The van der Waals surface area contributed by atoms with Crippen LogP contribution in [-0.2, 0) is 14.3 Å². The second kappa shape index (κ2) is 3.87. The molecule has 0 aliphatic heterocycles. The van der Waals surface area contributed by atoms with Gasteiger partial charge in [-0.15, -0.1) is 0 Å². The fraction of sp³-hybridized carbons (Fsp3) is 0.667. The maximum absolute atomic E-state index is 11.9. The molecular weight excluding hydrogens is 336 g/mol. The van der Waals surface area contributed by atoms with E-state index in [2.05, 4.69) is 4.18 Å². The summed E-state index contributed by atoms with van der Waals surface area (Å²) in [7, 11) is -5.48. The highest BCUT2D eigenvalue weighted by molar-refractivity contribution is 14.1. The van der Waals surface area contributed by atoms with E-state index in [1.54, 1.807) is 22.6 Å². The lowest BCUT2D eigenvalue weighted by Crippen LogP contribution is -2.25. The zero-order valence-corrected chi connectivity index (χ0v) is 9.74. The highest BCUT2D eigenvalue weighted by Gasteiger charge is 2.49. The number of allylic oxidation sites excluding steroid dienone is 2. The zero-order chi connectivity index (χ0) is 11.0. The van der Waals surface area contributed by atoms with Gasteiger partial charge in [-0.1, -0.05) is 0 Å². The fourth-order valence-corrected chi connectivity index (χ4v) is 2.40. The second-order valence-corrected chi connectivity index (χ2v) is 5.50. The molecule has 0 unspecified atom stereocenters. The molecule has 0 spiro atoms. The van der Waals surface area contributed by atoms with Crippen molar-refractivity contribution in [3.8, 4) is 0 Å². The number of alkyl halides is 3. The second-order valence-electron chi connectivity index (χ2n) is 2.66. The number of rotatable bonds is 2. The summed E-state index contributed by atoms with van der Waals surface area (Å²) < 4.78 is 61.3. The quantitative estimate of drug-likeness (QED) is 0.440. The third-order valence-corrected chi connectivity index (χ3v) is 3.72. The molecule has 0 saturated heterocycles. The van der Waals surface area contributed by atoms with Gasteiger partial charge in [0.15, 0.2) is 0 Å². The van der Waals surface area contributed by atoms with Crippen molar-refractivity contribution in [3.05, 3.63) is 9.34 Å². The standard InChI is InChI=1S/C6H6F3IO3S/c7-6(8,9)14(11,12)13-5-3-1-2-4(5)10/h1-3H2. The maximum atomic E-state index is 11.9. The van der Waals surface area contributed by atoms with Crippen LogP contribution in [-0.4, -0.2) is 13.9 Å². The van der Waals surface area contributed by atoms with Crippen molar-refractivity contribution in [2.45, 2.75) is 24.8 Å². The Bertz CT molecular complexity index is 357. The minimum Gasteiger partial charge on any atom is -0.380 e. The van der Waals surface area contributed by atoms with E-state index in [4.69, 9.17) is 0 Å². The van der Waals surface area contributed by atoms with Crippen LogP contribution in [0, 0.1) is 0 Å². The van der Waals surface area contributed by atoms with Crippen molar-refractivity contribution in [3.63, 3.8) is 0 Å². The van der Waals surface area contributed by atoms with E-state index in [9.17, 15) is 21.6 Å². The van der Waals surface area contributed by atoms with Crippen molar-refractivity contribution in [1.29, 1.82) is 0 Å². The van der Waals surface area contributed by atoms with Crippen LogP contribution in [0.1, 0.15) is 19.3 Å². The Balaban J connectivity index is 2.85. The van der Waals surface area contributed by atoms with Gasteiger partial charge in [0, 0.05) is 10.0 Å². The van der Waals surface area contributed by atoms with Gasteiger partial charge >= 0.3 is 15.6 Å². The fourth-order valence-electron chi connectivity index (χ4n) is 0.946. The van der Waals surface area contributed by atoms with E-state index in [0.29, 0.717) is 16.4 Å². The average Bonchev–Trinajstić information content (AvgIpc) is 2.33. The molecular formula is C6H6F3IO3S. The minimum absolute atomic E-state index is 0.0806. The van der Waals surface area contributed by atoms with Gasteiger partial charge in [-0.05, 0) is 35.4 Å². The van der Waals surface area contributed by atoms with Crippen LogP contribution in [0.3, 0.4) is 0 Å². The monoisotopic (exact) mass is 342 g/mol. The van der Waals surface area contributed by atoms with Gasteiger partial charge in [-0.25, -0.2) is 0 Å². The molecule has 1 aliphatic rings. The molecule has 0 bridgehead atoms. The molecule has 0 atom stereocenters. The lowest BCUT2D eigenvalue weighted by atomic mass is 10.4. The summed E-state index contributed by atoms with van der Waals surface area (Å²) in [4.78, 5) is 0. The Hall–Kier alpha value is 0.01000. The Morgan fingerprint density at radius 3 is 2.21 bits per heavy atom. The molecule has 0 N–H and O–H groups in total. The van der Waals surface area contributed by atoms with E-state index < -0.39 is 15.6 Å². The topological polar surface area (TPSA) is 43.4 Å². The van der Waals surface area contributed by atoms with Gasteiger partial charge in [0.05, 0.1) is 0 Å². The molecule has 0 saturated carbocycles. The summed E-state index contributed by atoms with van der Waals surface area (Å²) in [6, 6.07) is 0. The first kappa shape index (κ1) is 12.1. The first-order chi connectivity index (χ1) is 6.24. The van der Waals surface area contributed by atoms with Crippen molar-refractivity contribution in [2.75, 3.05) is 0 Å². The molecule has 0 amide bonds. The predicted octanol–water partition coefficient (Wildman–Crippen LogP) is 2.68. The van der Waals surface area contributed by atoms with Crippen molar-refractivity contribution in [2.24, 2.45) is 0 Å². The largest absolute Gasteiger partial charge is 0.534 e. The number of hydrogen-bond donors (Lipinski definition) is 0. The SMILES string of the molecule is O=S(=O)(OC1=C(I)CCC1)C(F)(F)F. The van der Waals surface area contributed by atoms with E-state index >= 15 is 0 Å². The van der Waals surface area contributed by atoms with Gasteiger partial charge in [-0.3, -0.25) is 0 Å². The maximum Gasteiger partial charge on any atom is 0.534 e. The summed E-state index contributed by atoms with van der Waals surface area (Å²) >= 11 is 1.79. The summed E-state index contributed by atoms with van der Waals surface area (Å²) in [6.45, 7) is 0. The van der Waals surface area contributed by atoms with Crippen LogP contribution in [0.25, 0.3) is 0 Å². The Morgan fingerprint density at radius 2 is 1.86 bits per heavy atom. The highest BCUT2D eigenvalue weighted by Crippen LogP contribution is 2.35. The van der Waals surface area contributed by atoms with Crippen LogP contribution < -0.4 is 0 Å². The molecule has 3 nitrogen and oxygen atoms in total. The molecule has 8 heteroatoms. The number of hydrogen-bond acceptors (Lipinski definition) is 3. The Labute approximate surface area is 92.6 Å². The summed E-state index contributed by atoms with van der Waals surface area (Å²) in [6.07, 6.45) is 1.44. The van der Waals surface area contributed by atoms with E-state index in [0.717, 1.165) is 0 Å². The van der Waals surface area contributed by atoms with E-state index in [1.165, 1.54) is 0 Å². The molecule has 1 rings (SSSR count). The summed E-state index contributed by atoms with van der Waals surface area (Å²) in [5.41, 5.74) is -5.35. The van der Waals surface area contributed by atoms with Gasteiger partial charge in [-0.2, -0.15) is 21.6 Å². The van der Waals surface area contributed by atoms with Crippen LogP contribution in [0.5, 0.6) is 0 Å². The highest BCUT2D eigenvalue weighted by atomic mass is 127. The normalized spacial score (nSPS) is 18.9. The van der Waals surface area contributed by atoms with E-state index in [-0.39, 0.29) is 12.2 Å². The molecule has 0 radical (unpaired) electrons. The smallest absolute Gasteiger partial charge is 0.380 e. The minimum atomic E-state index is -5.48. The summed E-state index contributed by atoms with van der Waals surface area (Å²) in [5, 5.41) is 0. The first-order valence-corrected chi connectivity index (χ1v) is 6.11. The van der Waals surface area contributed by atoms with Gasteiger partial charge in [0.1, 0.15) is 5.76 Å². The lowest BCUT2D eigenvalue weighted by Gasteiger charge is -2.10. The predicted molar refractivity (Wildman–Crippen MR) is 51.0 cm³/mol. The Kier molecular flexibility index (Phi) is 3.34. The molecule has 0 heterocycles. The van der Waals surface area contributed by atoms with Gasteiger partial charge in [0.2, 0.25) is 0 Å². The average molecular weight is 342 g/mol. The van der Waals surface area contributed by atoms with Crippen molar-refractivity contribution < 1.29 is 25.8 Å². The molecule has 14 heavy (non-hydrogen) atoms. The van der Waals surface area contributed by atoms with Crippen LogP contribution in [0.2, 0.25) is 0 Å². The zero-order valence-electron chi connectivity index (χ0n) is 6.77.